The number of amides is 1. The quantitative estimate of drug-likeness (QED) is 0.485. The number of sulfonamides is 1. The second kappa shape index (κ2) is 8.16. The average molecular weight is 467 g/mol. The van der Waals surface area contributed by atoms with Crippen molar-refractivity contribution >= 4 is 37.9 Å². The van der Waals surface area contributed by atoms with Crippen LogP contribution in [-0.2, 0) is 27.8 Å². The summed E-state index contributed by atoms with van der Waals surface area (Å²) < 4.78 is 28.7. The molecule has 0 aliphatic carbocycles. The van der Waals surface area contributed by atoms with Crippen molar-refractivity contribution in [2.75, 3.05) is 11.1 Å². The fourth-order valence-electron chi connectivity index (χ4n) is 4.00. The summed E-state index contributed by atoms with van der Waals surface area (Å²) in [7, 11) is -3.54. The lowest BCUT2D eigenvalue weighted by molar-refractivity contribution is -0.120. The number of aromatic nitrogens is 2. The van der Waals surface area contributed by atoms with Gasteiger partial charge >= 0.3 is 0 Å². The minimum Gasteiger partial charge on any atom is -0.325 e. The van der Waals surface area contributed by atoms with E-state index in [4.69, 9.17) is 0 Å². The highest BCUT2D eigenvalue weighted by atomic mass is 32.2. The summed E-state index contributed by atoms with van der Waals surface area (Å²) in [6.07, 6.45) is 4.28. The summed E-state index contributed by atoms with van der Waals surface area (Å²) in [6, 6.07) is 14.3. The second-order valence-electron chi connectivity index (χ2n) is 7.72. The molecule has 1 N–H and O–H groups in total. The largest absolute Gasteiger partial charge is 0.325 e. The molecule has 7 nitrogen and oxygen atoms in total. The number of thiazole rings is 1. The summed E-state index contributed by atoms with van der Waals surface area (Å²) in [4.78, 5) is 18.7. The lowest BCUT2D eigenvalue weighted by Crippen LogP contribution is -2.51. The molecule has 1 aliphatic heterocycles. The van der Waals surface area contributed by atoms with Gasteiger partial charge in [0.2, 0.25) is 15.9 Å². The molecule has 0 fully saturated rings. The van der Waals surface area contributed by atoms with Crippen LogP contribution in [0.15, 0.2) is 66.3 Å². The second-order valence-corrected chi connectivity index (χ2v) is 10.8. The standard InChI is InChI=1S/C23H22N4O3S2/c1-2-32(29,30)27-14-18-6-4-3-5-17(18)13-21(27)22(28)24-19-9-7-16(8-10-19)20-15-26-11-12-31-23(26)25-20/h3-12,15,21H,2,13-14H2,1H3,(H,24,28)/t21-/m1/s1. The van der Waals surface area contributed by atoms with Gasteiger partial charge in [-0.3, -0.25) is 9.20 Å². The van der Waals surface area contributed by atoms with Gasteiger partial charge in [0.15, 0.2) is 4.96 Å². The van der Waals surface area contributed by atoms with Gasteiger partial charge in [0.05, 0.1) is 11.4 Å². The third kappa shape index (κ3) is 3.83. The van der Waals surface area contributed by atoms with Gasteiger partial charge < -0.3 is 5.32 Å². The van der Waals surface area contributed by atoms with Crippen molar-refractivity contribution in [3.8, 4) is 11.3 Å². The molecule has 3 heterocycles. The average Bonchev–Trinajstić information content (AvgIpc) is 3.41. The van der Waals surface area contributed by atoms with Gasteiger partial charge in [-0.1, -0.05) is 36.4 Å². The van der Waals surface area contributed by atoms with E-state index >= 15 is 0 Å². The fraction of sp³-hybridized carbons (Fsp3) is 0.217. The maximum atomic E-state index is 13.2. The van der Waals surface area contributed by atoms with Crippen molar-refractivity contribution in [3.63, 3.8) is 0 Å². The highest BCUT2D eigenvalue weighted by Crippen LogP contribution is 2.28. The van der Waals surface area contributed by atoms with Gasteiger partial charge in [0, 0.05) is 35.6 Å². The number of fused-ring (bicyclic) bond motifs is 2. The van der Waals surface area contributed by atoms with Crippen LogP contribution in [0.2, 0.25) is 0 Å². The first-order valence-electron chi connectivity index (χ1n) is 10.3. The number of hydrogen-bond donors (Lipinski definition) is 1. The first-order chi connectivity index (χ1) is 15.4. The van der Waals surface area contributed by atoms with Gasteiger partial charge in [-0.25, -0.2) is 13.4 Å². The SMILES string of the molecule is CCS(=O)(=O)N1Cc2ccccc2C[C@@H]1C(=O)Nc1ccc(-c2cn3ccsc3n2)cc1. The zero-order valence-electron chi connectivity index (χ0n) is 17.4. The molecule has 0 radical (unpaired) electrons. The van der Waals surface area contributed by atoms with Crippen LogP contribution in [0.4, 0.5) is 5.69 Å². The molecule has 5 rings (SSSR count). The topological polar surface area (TPSA) is 83.8 Å². The van der Waals surface area contributed by atoms with E-state index in [-0.39, 0.29) is 18.2 Å². The Bertz CT molecular complexity index is 1360. The molecule has 2 aromatic heterocycles. The van der Waals surface area contributed by atoms with Crippen molar-refractivity contribution in [2.24, 2.45) is 0 Å². The monoisotopic (exact) mass is 466 g/mol. The molecule has 0 saturated heterocycles. The van der Waals surface area contributed by atoms with Crippen LogP contribution in [-0.4, -0.2) is 39.8 Å². The molecular formula is C23H22N4O3S2. The molecule has 4 aromatic rings. The third-order valence-electron chi connectivity index (χ3n) is 5.77. The van der Waals surface area contributed by atoms with E-state index in [9.17, 15) is 13.2 Å². The van der Waals surface area contributed by atoms with E-state index in [0.29, 0.717) is 12.1 Å². The summed E-state index contributed by atoms with van der Waals surface area (Å²) >= 11 is 1.57. The number of nitrogens with zero attached hydrogens (tertiary/aromatic N) is 3. The number of carbonyl (C=O) groups excluding carboxylic acids is 1. The normalized spacial score (nSPS) is 16.7. The van der Waals surface area contributed by atoms with Gasteiger partial charge in [0.25, 0.3) is 0 Å². The summed E-state index contributed by atoms with van der Waals surface area (Å²) in [6.45, 7) is 1.81. The van der Waals surface area contributed by atoms with Gasteiger partial charge in [0.1, 0.15) is 6.04 Å². The molecule has 0 spiro atoms. The van der Waals surface area contributed by atoms with Gasteiger partial charge in [-0.15, -0.1) is 11.3 Å². The zero-order chi connectivity index (χ0) is 22.3. The van der Waals surface area contributed by atoms with Crippen LogP contribution >= 0.6 is 11.3 Å². The van der Waals surface area contributed by atoms with E-state index < -0.39 is 16.1 Å². The van der Waals surface area contributed by atoms with Crippen LogP contribution in [0, 0.1) is 0 Å². The summed E-state index contributed by atoms with van der Waals surface area (Å²) in [5, 5.41) is 4.88. The maximum Gasteiger partial charge on any atom is 0.243 e. The predicted octanol–water partition coefficient (Wildman–Crippen LogP) is 3.78. The molecule has 0 bridgehead atoms. The van der Waals surface area contributed by atoms with Crippen molar-refractivity contribution in [2.45, 2.75) is 25.9 Å². The third-order valence-corrected chi connectivity index (χ3v) is 8.37. The lowest BCUT2D eigenvalue weighted by atomic mass is 9.95. The first kappa shape index (κ1) is 20.9. The Balaban J connectivity index is 1.37. The zero-order valence-corrected chi connectivity index (χ0v) is 19.1. The number of hydrogen-bond acceptors (Lipinski definition) is 5. The van der Waals surface area contributed by atoms with Gasteiger partial charge in [-0.05, 0) is 36.6 Å². The number of benzene rings is 2. The van der Waals surface area contributed by atoms with E-state index in [2.05, 4.69) is 10.3 Å². The van der Waals surface area contributed by atoms with E-state index in [1.807, 2.05) is 70.7 Å². The Labute approximate surface area is 190 Å². The van der Waals surface area contributed by atoms with Crippen molar-refractivity contribution < 1.29 is 13.2 Å². The molecule has 1 atom stereocenters. The molecule has 1 amide bonds. The molecule has 9 heteroatoms. The van der Waals surface area contributed by atoms with E-state index in [0.717, 1.165) is 27.3 Å². The Hall–Kier alpha value is -3.01. The smallest absolute Gasteiger partial charge is 0.243 e. The lowest BCUT2D eigenvalue weighted by Gasteiger charge is -2.34. The summed E-state index contributed by atoms with van der Waals surface area (Å²) in [5.41, 5.74) is 4.37. The van der Waals surface area contributed by atoms with E-state index in [1.165, 1.54) is 4.31 Å². The van der Waals surface area contributed by atoms with Crippen molar-refractivity contribution in [3.05, 3.63) is 77.4 Å². The molecule has 32 heavy (non-hydrogen) atoms. The first-order valence-corrected chi connectivity index (χ1v) is 12.8. The van der Waals surface area contributed by atoms with Gasteiger partial charge in [-0.2, -0.15) is 4.31 Å². The number of carbonyl (C=O) groups is 1. The Morgan fingerprint density at radius 3 is 2.62 bits per heavy atom. The molecule has 2 aromatic carbocycles. The van der Waals surface area contributed by atoms with Crippen LogP contribution in [0.1, 0.15) is 18.1 Å². The highest BCUT2D eigenvalue weighted by molar-refractivity contribution is 7.89. The molecular weight excluding hydrogens is 444 g/mol. The van der Waals surface area contributed by atoms with Crippen LogP contribution in [0.25, 0.3) is 16.2 Å². The Morgan fingerprint density at radius 1 is 1.16 bits per heavy atom. The van der Waals surface area contributed by atoms with Crippen molar-refractivity contribution in [1.82, 2.24) is 13.7 Å². The number of imidazole rings is 1. The molecule has 1 aliphatic rings. The number of rotatable bonds is 5. The highest BCUT2D eigenvalue weighted by Gasteiger charge is 2.37. The Kier molecular flexibility index (Phi) is 5.32. The molecule has 0 saturated carbocycles. The molecule has 0 unspecified atom stereocenters. The summed E-state index contributed by atoms with van der Waals surface area (Å²) in [5.74, 6) is -0.373. The van der Waals surface area contributed by atoms with Crippen molar-refractivity contribution in [1.29, 1.82) is 0 Å². The minimum absolute atomic E-state index is 0.0459. The number of nitrogens with one attached hydrogen (secondary N) is 1. The van der Waals surface area contributed by atoms with Crippen LogP contribution in [0.5, 0.6) is 0 Å². The minimum atomic E-state index is -3.54. The Morgan fingerprint density at radius 2 is 1.91 bits per heavy atom. The number of anilines is 1. The van der Waals surface area contributed by atoms with Crippen LogP contribution in [0.3, 0.4) is 0 Å². The molecule has 164 valence electrons. The fourth-order valence-corrected chi connectivity index (χ4v) is 5.92. The predicted molar refractivity (Wildman–Crippen MR) is 126 cm³/mol. The van der Waals surface area contributed by atoms with E-state index in [1.54, 1.807) is 18.3 Å². The van der Waals surface area contributed by atoms with Crippen LogP contribution < -0.4 is 5.32 Å². The maximum absolute atomic E-state index is 13.2.